The van der Waals surface area contributed by atoms with Crippen molar-refractivity contribution >= 4 is 0 Å². The molecular formula is C9H14O5. The van der Waals surface area contributed by atoms with Gasteiger partial charge in [-0.1, -0.05) is 0 Å². The van der Waals surface area contributed by atoms with Crippen LogP contribution in [0.3, 0.4) is 0 Å². The molecule has 3 saturated heterocycles. The Hall–Kier alpha value is -0.200. The van der Waals surface area contributed by atoms with Gasteiger partial charge in [0, 0.05) is 6.42 Å². The van der Waals surface area contributed by atoms with Gasteiger partial charge in [0.25, 0.3) is 0 Å². The molecule has 3 aliphatic heterocycles. The maximum atomic E-state index is 9.29. The number of fused-ring (bicyclic) bond motifs is 3. The molecule has 0 amide bonds. The minimum absolute atomic E-state index is 0.0869. The fourth-order valence-corrected chi connectivity index (χ4v) is 2.34. The van der Waals surface area contributed by atoms with Crippen LogP contribution in [-0.4, -0.2) is 41.8 Å². The van der Waals surface area contributed by atoms with Crippen LogP contribution in [0.15, 0.2) is 0 Å². The summed E-state index contributed by atoms with van der Waals surface area (Å²) >= 11 is 0. The predicted octanol–water partition coefficient (Wildman–Crippen LogP) is -0.0299. The molecule has 0 bridgehead atoms. The van der Waals surface area contributed by atoms with E-state index in [9.17, 15) is 5.11 Å². The van der Waals surface area contributed by atoms with E-state index in [0.717, 1.165) is 0 Å². The fraction of sp³-hybridized carbons (Fsp3) is 1.00. The highest BCUT2D eigenvalue weighted by Crippen LogP contribution is 2.42. The second kappa shape index (κ2) is 2.68. The van der Waals surface area contributed by atoms with Gasteiger partial charge < -0.3 is 24.1 Å². The van der Waals surface area contributed by atoms with Gasteiger partial charge in [-0.05, 0) is 13.8 Å². The van der Waals surface area contributed by atoms with Crippen LogP contribution in [0.25, 0.3) is 0 Å². The van der Waals surface area contributed by atoms with Crippen molar-refractivity contribution < 1.29 is 24.1 Å². The van der Waals surface area contributed by atoms with E-state index in [-0.39, 0.29) is 24.6 Å². The summed E-state index contributed by atoms with van der Waals surface area (Å²) in [5.41, 5.74) is 0. The standard InChI is InChI=1S/C9H14O5/c1-9(2)13-7-6-4(3-5(10)12-6)11-8(7)14-9/h4-8,10H,3H2,1-2H3/t4-,5+,6+,7?,8?/m1/s1. The van der Waals surface area contributed by atoms with E-state index in [0.29, 0.717) is 6.42 Å². The van der Waals surface area contributed by atoms with Gasteiger partial charge in [0.15, 0.2) is 18.4 Å². The molecule has 0 aromatic rings. The van der Waals surface area contributed by atoms with Crippen LogP contribution >= 0.6 is 0 Å². The smallest absolute Gasteiger partial charge is 0.190 e. The zero-order valence-electron chi connectivity index (χ0n) is 8.17. The molecule has 3 aliphatic rings. The Morgan fingerprint density at radius 2 is 1.93 bits per heavy atom. The average Bonchev–Trinajstić information content (AvgIpc) is 2.58. The zero-order chi connectivity index (χ0) is 9.92. The molecule has 2 unspecified atom stereocenters. The van der Waals surface area contributed by atoms with Crippen molar-refractivity contribution in [2.75, 3.05) is 0 Å². The Kier molecular flexibility index (Phi) is 1.73. The molecule has 0 saturated carbocycles. The summed E-state index contributed by atoms with van der Waals surface area (Å²) < 4.78 is 22.1. The van der Waals surface area contributed by atoms with Gasteiger partial charge in [-0.15, -0.1) is 0 Å². The van der Waals surface area contributed by atoms with Gasteiger partial charge in [0.2, 0.25) is 0 Å². The lowest BCUT2D eigenvalue weighted by Gasteiger charge is -2.20. The third-order valence-electron chi connectivity index (χ3n) is 2.84. The van der Waals surface area contributed by atoms with E-state index in [1.165, 1.54) is 0 Å². The lowest BCUT2D eigenvalue weighted by Crippen LogP contribution is -2.32. The van der Waals surface area contributed by atoms with Crippen LogP contribution < -0.4 is 0 Å². The third kappa shape index (κ3) is 1.20. The van der Waals surface area contributed by atoms with E-state index < -0.39 is 12.1 Å². The lowest BCUT2D eigenvalue weighted by atomic mass is 10.1. The lowest BCUT2D eigenvalue weighted by molar-refractivity contribution is -0.210. The van der Waals surface area contributed by atoms with E-state index in [1.54, 1.807) is 0 Å². The Balaban J connectivity index is 1.78. The fourth-order valence-electron chi connectivity index (χ4n) is 2.34. The number of rotatable bonds is 0. The monoisotopic (exact) mass is 202 g/mol. The van der Waals surface area contributed by atoms with Crippen molar-refractivity contribution in [1.29, 1.82) is 0 Å². The second-order valence-corrected chi connectivity index (χ2v) is 4.43. The van der Waals surface area contributed by atoms with Crippen molar-refractivity contribution in [2.45, 2.75) is 56.9 Å². The van der Waals surface area contributed by atoms with Gasteiger partial charge in [-0.2, -0.15) is 0 Å². The Morgan fingerprint density at radius 1 is 1.14 bits per heavy atom. The molecule has 80 valence electrons. The highest BCUT2D eigenvalue weighted by Gasteiger charge is 2.58. The molecule has 0 aliphatic carbocycles. The van der Waals surface area contributed by atoms with Crippen molar-refractivity contribution in [3.05, 3.63) is 0 Å². The molecule has 5 heteroatoms. The summed E-state index contributed by atoms with van der Waals surface area (Å²) in [6, 6.07) is 0. The summed E-state index contributed by atoms with van der Waals surface area (Å²) in [5, 5.41) is 9.29. The van der Waals surface area contributed by atoms with Crippen LogP contribution in [0.2, 0.25) is 0 Å². The third-order valence-corrected chi connectivity index (χ3v) is 2.84. The molecule has 1 N–H and O–H groups in total. The van der Waals surface area contributed by atoms with Crippen LogP contribution in [0.5, 0.6) is 0 Å². The quantitative estimate of drug-likeness (QED) is 0.597. The zero-order valence-corrected chi connectivity index (χ0v) is 8.17. The largest absolute Gasteiger partial charge is 0.368 e. The first-order valence-electron chi connectivity index (χ1n) is 4.90. The molecule has 5 nitrogen and oxygen atoms in total. The summed E-state index contributed by atoms with van der Waals surface area (Å²) in [5.74, 6) is -0.614. The van der Waals surface area contributed by atoms with Gasteiger partial charge >= 0.3 is 0 Å². The first kappa shape index (κ1) is 9.06. The SMILES string of the molecule is CC1(C)OC2O[C@@H]3C[C@@H](O)O[C@@H]3C2O1. The molecule has 3 heterocycles. The van der Waals surface area contributed by atoms with Crippen molar-refractivity contribution in [3.8, 4) is 0 Å². The minimum Gasteiger partial charge on any atom is -0.368 e. The second-order valence-electron chi connectivity index (χ2n) is 4.43. The molecule has 0 aromatic heterocycles. The Labute approximate surface area is 81.9 Å². The molecule has 5 atom stereocenters. The summed E-state index contributed by atoms with van der Waals surface area (Å²) in [6.07, 6.45) is -1.03. The maximum absolute atomic E-state index is 9.29. The number of hydrogen-bond acceptors (Lipinski definition) is 5. The molecular weight excluding hydrogens is 188 g/mol. The molecule has 0 radical (unpaired) electrons. The van der Waals surface area contributed by atoms with Gasteiger partial charge in [-0.3, -0.25) is 0 Å². The Morgan fingerprint density at radius 3 is 2.71 bits per heavy atom. The van der Waals surface area contributed by atoms with Crippen LogP contribution in [0.4, 0.5) is 0 Å². The van der Waals surface area contributed by atoms with Crippen molar-refractivity contribution in [3.63, 3.8) is 0 Å². The van der Waals surface area contributed by atoms with E-state index in [2.05, 4.69) is 0 Å². The molecule has 3 fully saturated rings. The first-order chi connectivity index (χ1) is 6.55. The van der Waals surface area contributed by atoms with E-state index in [4.69, 9.17) is 18.9 Å². The molecule has 3 rings (SSSR count). The maximum Gasteiger partial charge on any atom is 0.190 e. The highest BCUT2D eigenvalue weighted by atomic mass is 16.8. The van der Waals surface area contributed by atoms with Gasteiger partial charge in [0.1, 0.15) is 12.2 Å². The van der Waals surface area contributed by atoms with Crippen LogP contribution in [-0.2, 0) is 18.9 Å². The average molecular weight is 202 g/mol. The predicted molar refractivity (Wildman–Crippen MR) is 44.2 cm³/mol. The first-order valence-corrected chi connectivity index (χ1v) is 4.90. The number of aliphatic hydroxyl groups is 1. The summed E-state index contributed by atoms with van der Waals surface area (Å²) in [7, 11) is 0. The summed E-state index contributed by atoms with van der Waals surface area (Å²) in [6.45, 7) is 3.68. The number of hydrogen-bond donors (Lipinski definition) is 1. The number of ether oxygens (including phenoxy) is 4. The minimum atomic E-state index is -0.724. The number of aliphatic hydroxyl groups excluding tert-OH is 1. The molecule has 14 heavy (non-hydrogen) atoms. The van der Waals surface area contributed by atoms with Gasteiger partial charge in [0.05, 0.1) is 6.10 Å². The normalized spacial score (nSPS) is 54.6. The highest BCUT2D eigenvalue weighted by molar-refractivity contribution is 4.97. The molecule has 0 aromatic carbocycles. The Bertz CT molecular complexity index is 254. The van der Waals surface area contributed by atoms with Crippen LogP contribution in [0.1, 0.15) is 20.3 Å². The van der Waals surface area contributed by atoms with Crippen LogP contribution in [0, 0.1) is 0 Å². The van der Waals surface area contributed by atoms with E-state index in [1.807, 2.05) is 13.8 Å². The van der Waals surface area contributed by atoms with E-state index >= 15 is 0 Å². The molecule has 0 spiro atoms. The van der Waals surface area contributed by atoms with Crippen molar-refractivity contribution in [2.24, 2.45) is 0 Å². The topological polar surface area (TPSA) is 57.2 Å². The van der Waals surface area contributed by atoms with Crippen molar-refractivity contribution in [1.82, 2.24) is 0 Å². The summed E-state index contributed by atoms with van der Waals surface area (Å²) in [4.78, 5) is 0. The van der Waals surface area contributed by atoms with Gasteiger partial charge in [-0.25, -0.2) is 0 Å².